The van der Waals surface area contributed by atoms with E-state index in [9.17, 15) is 4.79 Å². The number of methoxy groups -OCH3 is 1. The van der Waals surface area contributed by atoms with Gasteiger partial charge in [-0.3, -0.25) is 4.79 Å². The van der Waals surface area contributed by atoms with Gasteiger partial charge in [0, 0.05) is 24.1 Å². The molecular weight excluding hydrogens is 332 g/mol. The van der Waals surface area contributed by atoms with Crippen LogP contribution in [0, 0.1) is 0 Å². The van der Waals surface area contributed by atoms with Crippen LogP contribution in [0.1, 0.15) is 12.0 Å². The van der Waals surface area contributed by atoms with E-state index < -0.39 is 12.0 Å². The maximum Gasteiger partial charge on any atom is 0.322 e. The summed E-state index contributed by atoms with van der Waals surface area (Å²) in [6, 6.07) is 13.0. The van der Waals surface area contributed by atoms with E-state index in [2.05, 4.69) is 4.99 Å². The van der Waals surface area contributed by atoms with Crippen LogP contribution >= 0.6 is 0 Å². The topological polar surface area (TPSA) is 84.8 Å². The van der Waals surface area contributed by atoms with Crippen molar-refractivity contribution in [3.05, 3.63) is 64.3 Å². The molecule has 2 aliphatic heterocycles. The molecule has 0 spiro atoms. The van der Waals surface area contributed by atoms with Crippen LogP contribution in [0.2, 0.25) is 0 Å². The van der Waals surface area contributed by atoms with Crippen molar-refractivity contribution in [1.82, 2.24) is 0 Å². The molecule has 132 valence electrons. The standard InChI is InChI=1S/C20H18N2O4/c1-24-20(23)15(21)10-14-13-4-2-3-5-16(13)22-17(14)8-12-6-7-18-19(9-12)26-11-25-18/h2-9,15H,10-11,21H2,1H3/p+1/t15-/m1/s1. The van der Waals surface area contributed by atoms with Crippen molar-refractivity contribution in [3.8, 4) is 11.5 Å². The molecule has 0 unspecified atom stereocenters. The predicted molar refractivity (Wildman–Crippen MR) is 94.3 cm³/mol. The Bertz CT molecular complexity index is 1030. The molecule has 4 rings (SSSR count). The third-order valence-corrected chi connectivity index (χ3v) is 4.48. The first-order chi connectivity index (χ1) is 12.7. The molecule has 0 bridgehead atoms. The predicted octanol–water partition coefficient (Wildman–Crippen LogP) is -0.789. The zero-order chi connectivity index (χ0) is 18.1. The van der Waals surface area contributed by atoms with Crippen LogP contribution in [0.5, 0.6) is 11.5 Å². The number of benzene rings is 2. The van der Waals surface area contributed by atoms with E-state index in [0.29, 0.717) is 6.42 Å². The summed E-state index contributed by atoms with van der Waals surface area (Å²) in [4.78, 5) is 15.2. The fourth-order valence-electron chi connectivity index (χ4n) is 3.19. The van der Waals surface area contributed by atoms with Gasteiger partial charge in [0.05, 0.1) is 12.3 Å². The van der Waals surface area contributed by atoms with Crippen LogP contribution < -0.4 is 30.8 Å². The molecule has 0 aliphatic carbocycles. The lowest BCUT2D eigenvalue weighted by molar-refractivity contribution is -0.430. The third kappa shape index (κ3) is 2.95. The summed E-state index contributed by atoms with van der Waals surface area (Å²) < 4.78 is 15.6. The summed E-state index contributed by atoms with van der Waals surface area (Å²) >= 11 is 0. The van der Waals surface area contributed by atoms with Crippen molar-refractivity contribution in [3.63, 3.8) is 0 Å². The van der Waals surface area contributed by atoms with Crippen LogP contribution in [0.3, 0.4) is 0 Å². The van der Waals surface area contributed by atoms with Gasteiger partial charge < -0.3 is 19.9 Å². The molecular formula is C20H19N2O4+. The van der Waals surface area contributed by atoms with E-state index in [0.717, 1.165) is 38.9 Å². The first-order valence-corrected chi connectivity index (χ1v) is 8.33. The highest BCUT2D eigenvalue weighted by Crippen LogP contribution is 2.33. The molecule has 1 atom stereocenters. The number of hydrogen-bond donors (Lipinski definition) is 2. The number of nitrogens with one attached hydrogen (secondary N) is 1. The second kappa shape index (κ2) is 6.65. The van der Waals surface area contributed by atoms with Gasteiger partial charge in [-0.2, -0.15) is 0 Å². The Hall–Kier alpha value is -3.12. The monoisotopic (exact) mass is 351 g/mol. The fourth-order valence-corrected chi connectivity index (χ4v) is 3.19. The summed E-state index contributed by atoms with van der Waals surface area (Å²) in [5.41, 5.74) is 8.86. The van der Waals surface area contributed by atoms with Crippen LogP contribution in [0.25, 0.3) is 11.6 Å². The van der Waals surface area contributed by atoms with Crippen LogP contribution in [0.15, 0.2) is 48.2 Å². The Balaban J connectivity index is 1.75. The highest BCUT2D eigenvalue weighted by atomic mass is 16.7. The average Bonchev–Trinajstić information content (AvgIpc) is 3.25. The Labute approximate surface area is 150 Å². The smallest absolute Gasteiger partial charge is 0.322 e. The largest absolute Gasteiger partial charge is 0.468 e. The van der Waals surface area contributed by atoms with Gasteiger partial charge in [-0.15, -0.1) is 0 Å². The summed E-state index contributed by atoms with van der Waals surface area (Å²) in [6.45, 7) is 0.240. The second-order valence-electron chi connectivity index (χ2n) is 6.15. The minimum atomic E-state index is -0.719. The number of fused-ring (bicyclic) bond motifs is 2. The molecule has 2 aliphatic rings. The van der Waals surface area contributed by atoms with Gasteiger partial charge in [-0.25, -0.2) is 4.99 Å². The lowest BCUT2D eigenvalue weighted by Gasteiger charge is -2.09. The Morgan fingerprint density at radius 2 is 2.08 bits per heavy atom. The van der Waals surface area contributed by atoms with Crippen molar-refractivity contribution >= 4 is 17.6 Å². The number of rotatable bonds is 4. The van der Waals surface area contributed by atoms with Crippen LogP contribution in [-0.2, 0) is 9.53 Å². The van der Waals surface area contributed by atoms with Crippen molar-refractivity contribution in [1.29, 1.82) is 0 Å². The zero-order valence-corrected chi connectivity index (χ0v) is 14.3. The number of esters is 1. The first-order valence-electron chi connectivity index (χ1n) is 8.33. The molecule has 2 heterocycles. The van der Waals surface area contributed by atoms with Gasteiger partial charge in [-0.05, 0) is 23.8 Å². The molecule has 3 N–H and O–H groups in total. The van der Waals surface area contributed by atoms with Crippen molar-refractivity contribution < 1.29 is 24.0 Å². The van der Waals surface area contributed by atoms with Gasteiger partial charge in [0.2, 0.25) is 17.8 Å². The molecule has 6 heteroatoms. The number of carbonyl (C=O) groups excluding carboxylic acids is 1. The number of ether oxygens (including phenoxy) is 3. The Morgan fingerprint density at radius 3 is 2.92 bits per heavy atom. The van der Waals surface area contributed by atoms with Crippen LogP contribution in [0.4, 0.5) is 0 Å². The molecule has 0 amide bonds. The van der Waals surface area contributed by atoms with Gasteiger partial charge in [-0.1, -0.05) is 18.2 Å². The highest BCUT2D eigenvalue weighted by Gasteiger charge is 2.25. The number of hydrogen-bond acceptors (Lipinski definition) is 5. The molecule has 2 aromatic carbocycles. The minimum absolute atomic E-state index is 0.240. The molecule has 0 radical (unpaired) electrons. The highest BCUT2D eigenvalue weighted by molar-refractivity contribution is 5.80. The number of allylic oxidation sites excluding steroid dienone is 1. The normalized spacial score (nSPS) is 17.0. The lowest BCUT2D eigenvalue weighted by Crippen LogP contribution is -2.73. The van der Waals surface area contributed by atoms with E-state index in [-0.39, 0.29) is 6.79 Å². The van der Waals surface area contributed by atoms with Gasteiger partial charge >= 0.3 is 5.97 Å². The number of carbonyl (C=O) groups is 1. The second-order valence-corrected chi connectivity index (χ2v) is 6.15. The van der Waals surface area contributed by atoms with Crippen LogP contribution in [-0.4, -0.2) is 25.9 Å². The lowest BCUT2D eigenvalue weighted by atomic mass is 10.0. The first kappa shape index (κ1) is 16.4. The fraction of sp³-hybridized carbons (Fsp3) is 0.200. The van der Waals surface area contributed by atoms with E-state index >= 15 is 0 Å². The SMILES string of the molecule is COC(=O)[C@H](N)CC1=c2ccccc2=[NH+]C1=Cc1ccc2c(c1)OCO2. The van der Waals surface area contributed by atoms with E-state index in [1.807, 2.05) is 48.5 Å². The summed E-state index contributed by atoms with van der Waals surface area (Å²) in [5.74, 6) is 1.04. The zero-order valence-electron chi connectivity index (χ0n) is 14.3. The Morgan fingerprint density at radius 1 is 1.27 bits per heavy atom. The molecule has 0 saturated carbocycles. The number of nitrogens with two attached hydrogens (primary N) is 1. The maximum atomic E-state index is 11.8. The van der Waals surface area contributed by atoms with Crippen molar-refractivity contribution in [2.75, 3.05) is 13.9 Å². The number of para-hydroxylation sites is 1. The van der Waals surface area contributed by atoms with E-state index in [4.69, 9.17) is 19.9 Å². The molecule has 0 fully saturated rings. The quantitative estimate of drug-likeness (QED) is 0.706. The molecule has 26 heavy (non-hydrogen) atoms. The maximum absolute atomic E-state index is 11.8. The molecule has 0 aromatic heterocycles. The molecule has 0 saturated heterocycles. The minimum Gasteiger partial charge on any atom is -0.468 e. The molecule has 2 aromatic rings. The summed E-state index contributed by atoms with van der Waals surface area (Å²) in [5, 5.41) is 2.03. The van der Waals surface area contributed by atoms with Crippen molar-refractivity contribution in [2.45, 2.75) is 12.5 Å². The van der Waals surface area contributed by atoms with E-state index in [1.165, 1.54) is 7.11 Å². The average molecular weight is 351 g/mol. The van der Waals surface area contributed by atoms with Crippen molar-refractivity contribution in [2.24, 2.45) is 5.73 Å². The summed E-state index contributed by atoms with van der Waals surface area (Å²) in [6.07, 6.45) is 2.40. The summed E-state index contributed by atoms with van der Waals surface area (Å²) in [7, 11) is 1.34. The van der Waals surface area contributed by atoms with Gasteiger partial charge in [0.1, 0.15) is 6.04 Å². The Kier molecular flexibility index (Phi) is 4.18. The third-order valence-electron chi connectivity index (χ3n) is 4.48. The van der Waals surface area contributed by atoms with Gasteiger partial charge in [0.15, 0.2) is 11.5 Å². The van der Waals surface area contributed by atoms with E-state index in [1.54, 1.807) is 0 Å². The van der Waals surface area contributed by atoms with Gasteiger partial charge in [0.25, 0.3) is 0 Å². The molecule has 6 nitrogen and oxygen atoms in total.